The summed E-state index contributed by atoms with van der Waals surface area (Å²) in [4.78, 5) is 0. The lowest BCUT2D eigenvalue weighted by Gasteiger charge is -2.24. The summed E-state index contributed by atoms with van der Waals surface area (Å²) >= 11 is 0. The van der Waals surface area contributed by atoms with Gasteiger partial charge in [-0.15, -0.1) is 0 Å². The van der Waals surface area contributed by atoms with Gasteiger partial charge in [0.15, 0.2) is 0 Å². The van der Waals surface area contributed by atoms with Gasteiger partial charge in [0.2, 0.25) is 0 Å². The predicted octanol–water partition coefficient (Wildman–Crippen LogP) is 8.60. The Kier molecular flexibility index (Phi) is 17.6. The van der Waals surface area contributed by atoms with E-state index in [1.807, 2.05) is 0 Å². The van der Waals surface area contributed by atoms with Gasteiger partial charge in [-0.05, 0) is 12.5 Å². The predicted molar refractivity (Wildman–Crippen MR) is 129 cm³/mol. The summed E-state index contributed by atoms with van der Waals surface area (Å²) in [6.07, 6.45) is 11.7. The van der Waals surface area contributed by atoms with E-state index in [1.54, 1.807) is 21.3 Å². The van der Waals surface area contributed by atoms with Crippen LogP contribution in [0.3, 0.4) is 0 Å². The minimum atomic E-state index is -3.99. The molecule has 0 fully saturated rings. The van der Waals surface area contributed by atoms with Crippen LogP contribution in [0.1, 0.15) is 89.9 Å². The van der Waals surface area contributed by atoms with Crippen LogP contribution in [0.4, 0.5) is 13.2 Å². The lowest BCUT2D eigenvalue weighted by molar-refractivity contribution is -0.130. The van der Waals surface area contributed by atoms with Crippen molar-refractivity contribution in [1.29, 1.82) is 0 Å². The van der Waals surface area contributed by atoms with E-state index in [4.69, 9.17) is 13.3 Å². The van der Waals surface area contributed by atoms with Crippen molar-refractivity contribution in [3.8, 4) is 0 Å². The van der Waals surface area contributed by atoms with Crippen LogP contribution >= 0.6 is 0 Å². The standard InChI is InChI=1S/C23H49F3O3Si2/c1-27-31(28-2,29-3)21-18-16-14-12-10-8-6-7-9-11-13-15-17-20-30(4,5)22-19-23(24,25)26/h6-22H2,1-5H3. The van der Waals surface area contributed by atoms with Crippen LogP contribution in [0.25, 0.3) is 0 Å². The van der Waals surface area contributed by atoms with Crippen molar-refractivity contribution in [2.45, 2.75) is 127 Å². The van der Waals surface area contributed by atoms with E-state index in [0.29, 0.717) is 6.04 Å². The Morgan fingerprint density at radius 3 is 1.16 bits per heavy atom. The molecule has 0 rings (SSSR count). The molecule has 0 bridgehead atoms. The number of hydrogen-bond acceptors (Lipinski definition) is 3. The van der Waals surface area contributed by atoms with E-state index in [-0.39, 0.29) is 0 Å². The highest BCUT2D eigenvalue weighted by Gasteiger charge is 2.36. The molecule has 0 atom stereocenters. The van der Waals surface area contributed by atoms with Gasteiger partial charge in [-0.25, -0.2) is 0 Å². The molecule has 0 saturated heterocycles. The van der Waals surface area contributed by atoms with Crippen LogP contribution in [-0.4, -0.2) is 44.4 Å². The van der Waals surface area contributed by atoms with Crippen LogP contribution in [0.15, 0.2) is 0 Å². The zero-order valence-corrected chi connectivity index (χ0v) is 22.9. The molecule has 0 aliphatic carbocycles. The molecular weight excluding hydrogens is 437 g/mol. The second-order valence-electron chi connectivity index (χ2n) is 9.67. The van der Waals surface area contributed by atoms with Crippen molar-refractivity contribution in [1.82, 2.24) is 0 Å². The Bertz CT molecular complexity index is 409. The molecule has 0 heterocycles. The molecule has 0 aromatic carbocycles. The Labute approximate surface area is 192 Å². The first kappa shape index (κ1) is 31.1. The molecule has 0 radical (unpaired) electrons. The van der Waals surface area contributed by atoms with E-state index < -0.39 is 29.5 Å². The van der Waals surface area contributed by atoms with Crippen LogP contribution in [0.2, 0.25) is 31.2 Å². The lowest BCUT2D eigenvalue weighted by Crippen LogP contribution is -2.42. The molecule has 0 aliphatic rings. The van der Waals surface area contributed by atoms with Gasteiger partial charge >= 0.3 is 15.0 Å². The van der Waals surface area contributed by atoms with Gasteiger partial charge in [0, 0.05) is 41.9 Å². The maximum absolute atomic E-state index is 12.4. The Morgan fingerprint density at radius 2 is 0.839 bits per heavy atom. The normalized spacial score (nSPS) is 13.2. The van der Waals surface area contributed by atoms with E-state index in [2.05, 4.69) is 13.1 Å². The first-order valence-electron chi connectivity index (χ1n) is 12.3. The third-order valence-corrected chi connectivity index (χ3v) is 12.5. The Hall–Kier alpha value is 0.104. The molecular formula is C23H49F3O3Si2. The molecule has 3 nitrogen and oxygen atoms in total. The second-order valence-corrected chi connectivity index (χ2v) is 18.1. The summed E-state index contributed by atoms with van der Waals surface area (Å²) in [6.45, 7) is 4.21. The molecule has 0 saturated carbocycles. The van der Waals surface area contributed by atoms with Crippen molar-refractivity contribution in [2.75, 3.05) is 21.3 Å². The fourth-order valence-corrected chi connectivity index (χ4v) is 8.26. The second kappa shape index (κ2) is 17.6. The maximum atomic E-state index is 12.4. The number of halogens is 3. The smallest absolute Gasteiger partial charge is 0.377 e. The van der Waals surface area contributed by atoms with Crippen molar-refractivity contribution in [3.05, 3.63) is 0 Å². The Balaban J connectivity index is 3.42. The minimum Gasteiger partial charge on any atom is -0.377 e. The van der Waals surface area contributed by atoms with Gasteiger partial charge < -0.3 is 13.3 Å². The van der Waals surface area contributed by atoms with Gasteiger partial charge in [0.25, 0.3) is 0 Å². The van der Waals surface area contributed by atoms with E-state index in [9.17, 15) is 13.2 Å². The lowest BCUT2D eigenvalue weighted by atomic mass is 10.0. The fourth-order valence-electron chi connectivity index (χ4n) is 4.05. The molecule has 0 aromatic heterocycles. The van der Waals surface area contributed by atoms with Crippen LogP contribution in [-0.2, 0) is 13.3 Å². The Morgan fingerprint density at radius 1 is 0.516 bits per heavy atom. The van der Waals surface area contributed by atoms with Crippen molar-refractivity contribution in [3.63, 3.8) is 0 Å². The highest BCUT2D eigenvalue weighted by Crippen LogP contribution is 2.29. The molecule has 8 heteroatoms. The third kappa shape index (κ3) is 18.2. The molecule has 31 heavy (non-hydrogen) atoms. The van der Waals surface area contributed by atoms with E-state index in [0.717, 1.165) is 24.9 Å². The number of hydrogen-bond donors (Lipinski definition) is 0. The average molecular weight is 487 g/mol. The first-order valence-corrected chi connectivity index (χ1v) is 17.7. The van der Waals surface area contributed by atoms with Gasteiger partial charge in [-0.3, -0.25) is 0 Å². The van der Waals surface area contributed by atoms with Crippen LogP contribution < -0.4 is 0 Å². The average Bonchev–Trinajstić information content (AvgIpc) is 2.72. The summed E-state index contributed by atoms with van der Waals surface area (Å²) < 4.78 is 53.5. The summed E-state index contributed by atoms with van der Waals surface area (Å²) in [5, 5.41) is 0. The molecule has 0 N–H and O–H groups in total. The van der Waals surface area contributed by atoms with Crippen molar-refractivity contribution >= 4 is 16.9 Å². The van der Waals surface area contributed by atoms with E-state index in [1.165, 1.54) is 70.6 Å². The monoisotopic (exact) mass is 486 g/mol. The molecule has 0 aromatic rings. The summed E-state index contributed by atoms with van der Waals surface area (Å²) in [6, 6.07) is 2.31. The highest BCUT2D eigenvalue weighted by atomic mass is 28.4. The van der Waals surface area contributed by atoms with Crippen LogP contribution in [0, 0.1) is 0 Å². The number of alkyl halides is 3. The molecule has 0 amide bonds. The SMILES string of the molecule is CO[Si](CCCCCCCCCCCCCCC[Si](C)(C)CCC(F)(F)F)(OC)OC. The van der Waals surface area contributed by atoms with E-state index >= 15 is 0 Å². The third-order valence-electron chi connectivity index (χ3n) is 6.35. The topological polar surface area (TPSA) is 27.7 Å². The maximum Gasteiger partial charge on any atom is 0.500 e. The first-order chi connectivity index (χ1) is 14.6. The minimum absolute atomic E-state index is 0.381. The molecule has 0 spiro atoms. The van der Waals surface area contributed by atoms with Crippen LogP contribution in [0.5, 0.6) is 0 Å². The highest BCUT2D eigenvalue weighted by molar-refractivity contribution is 6.77. The van der Waals surface area contributed by atoms with Crippen molar-refractivity contribution < 1.29 is 26.4 Å². The molecule has 0 aliphatic heterocycles. The largest absolute Gasteiger partial charge is 0.500 e. The summed E-state index contributed by atoms with van der Waals surface area (Å²) in [5.74, 6) is 0. The zero-order chi connectivity index (χ0) is 23.6. The fraction of sp³-hybridized carbons (Fsp3) is 1.00. The zero-order valence-electron chi connectivity index (χ0n) is 20.9. The molecule has 0 unspecified atom stereocenters. The summed E-state index contributed by atoms with van der Waals surface area (Å²) in [5.41, 5.74) is 0. The number of unbranched alkanes of at least 4 members (excludes halogenated alkanes) is 12. The number of rotatable bonds is 21. The van der Waals surface area contributed by atoms with Crippen molar-refractivity contribution in [2.24, 2.45) is 0 Å². The summed E-state index contributed by atoms with van der Waals surface area (Å²) in [7, 11) is 0.965. The van der Waals surface area contributed by atoms with Gasteiger partial charge in [-0.2, -0.15) is 13.2 Å². The van der Waals surface area contributed by atoms with Gasteiger partial charge in [0.05, 0.1) is 0 Å². The molecule has 188 valence electrons. The quantitative estimate of drug-likeness (QED) is 0.120. The van der Waals surface area contributed by atoms with Gasteiger partial charge in [0.1, 0.15) is 0 Å². The van der Waals surface area contributed by atoms with Gasteiger partial charge in [-0.1, -0.05) is 96.2 Å².